The van der Waals surface area contributed by atoms with Crippen molar-refractivity contribution in [1.82, 2.24) is 0 Å². The minimum atomic E-state index is -0.122. The van der Waals surface area contributed by atoms with E-state index in [-0.39, 0.29) is 12.0 Å². The molecule has 0 aliphatic carbocycles. The van der Waals surface area contributed by atoms with Crippen molar-refractivity contribution in [2.75, 3.05) is 5.32 Å². The highest BCUT2D eigenvalue weighted by Gasteiger charge is 2.05. The predicted molar refractivity (Wildman–Crippen MR) is 61.5 cm³/mol. The van der Waals surface area contributed by atoms with Crippen LogP contribution in [0.25, 0.3) is 0 Å². The van der Waals surface area contributed by atoms with Gasteiger partial charge in [0.25, 0.3) is 0 Å². The maximum atomic E-state index is 10.8. The number of carbonyl (C=O) groups excluding carboxylic acids is 1. The molecule has 0 aliphatic heterocycles. The maximum absolute atomic E-state index is 10.8. The molecule has 1 rings (SSSR count). The van der Waals surface area contributed by atoms with Gasteiger partial charge in [-0.25, -0.2) is 0 Å². The van der Waals surface area contributed by atoms with E-state index in [1.54, 1.807) is 18.2 Å². The molecule has 0 aromatic heterocycles. The van der Waals surface area contributed by atoms with Gasteiger partial charge in [-0.15, -0.1) is 0 Å². The van der Waals surface area contributed by atoms with Gasteiger partial charge in [0, 0.05) is 12.6 Å². The Balaban J connectivity index is 2.83. The molecule has 1 aromatic rings. The van der Waals surface area contributed by atoms with Gasteiger partial charge < -0.3 is 10.1 Å². The highest BCUT2D eigenvalue weighted by Crippen LogP contribution is 2.28. The van der Waals surface area contributed by atoms with Gasteiger partial charge in [0.05, 0.1) is 11.1 Å². The van der Waals surface area contributed by atoms with Crippen molar-refractivity contribution in [3.05, 3.63) is 23.2 Å². The van der Waals surface area contributed by atoms with Crippen molar-refractivity contribution in [2.24, 2.45) is 0 Å². The first kappa shape index (κ1) is 11.9. The zero-order valence-corrected chi connectivity index (χ0v) is 9.76. The quantitative estimate of drug-likeness (QED) is 0.862. The van der Waals surface area contributed by atoms with E-state index in [0.29, 0.717) is 16.5 Å². The van der Waals surface area contributed by atoms with Crippen LogP contribution in [0.5, 0.6) is 5.75 Å². The number of benzene rings is 1. The topological polar surface area (TPSA) is 38.3 Å². The predicted octanol–water partition coefficient (Wildman–Crippen LogP) is 3.09. The number of amides is 1. The van der Waals surface area contributed by atoms with Crippen molar-refractivity contribution in [2.45, 2.75) is 26.9 Å². The van der Waals surface area contributed by atoms with Crippen LogP contribution in [0.3, 0.4) is 0 Å². The molecule has 1 amide bonds. The van der Waals surface area contributed by atoms with Crippen molar-refractivity contribution >= 4 is 23.2 Å². The summed E-state index contributed by atoms with van der Waals surface area (Å²) in [4.78, 5) is 10.8. The molecule has 82 valence electrons. The molecule has 0 bridgehead atoms. The molecular formula is C11H14ClNO2. The Bertz CT molecular complexity index is 364. The van der Waals surface area contributed by atoms with Crippen LogP contribution in [-0.4, -0.2) is 12.0 Å². The maximum Gasteiger partial charge on any atom is 0.221 e. The summed E-state index contributed by atoms with van der Waals surface area (Å²) < 4.78 is 5.46. The molecule has 0 radical (unpaired) electrons. The third-order valence-electron chi connectivity index (χ3n) is 1.61. The van der Waals surface area contributed by atoms with Crippen molar-refractivity contribution in [3.63, 3.8) is 0 Å². The van der Waals surface area contributed by atoms with Crippen LogP contribution < -0.4 is 10.1 Å². The first-order valence-electron chi connectivity index (χ1n) is 4.73. The van der Waals surface area contributed by atoms with Gasteiger partial charge in [0.2, 0.25) is 5.91 Å². The average molecular weight is 228 g/mol. The number of hydrogen-bond donors (Lipinski definition) is 1. The number of anilines is 1. The summed E-state index contributed by atoms with van der Waals surface area (Å²) in [6, 6.07) is 5.17. The molecule has 0 atom stereocenters. The normalized spacial score (nSPS) is 10.2. The molecular weight excluding hydrogens is 214 g/mol. The Morgan fingerprint density at radius 1 is 1.47 bits per heavy atom. The summed E-state index contributed by atoms with van der Waals surface area (Å²) in [5.41, 5.74) is 0.670. The second kappa shape index (κ2) is 5.03. The molecule has 0 saturated heterocycles. The van der Waals surface area contributed by atoms with E-state index in [1.165, 1.54) is 6.92 Å². The lowest BCUT2D eigenvalue weighted by molar-refractivity contribution is -0.114. The van der Waals surface area contributed by atoms with E-state index in [0.717, 1.165) is 0 Å². The third kappa shape index (κ3) is 3.80. The average Bonchev–Trinajstić information content (AvgIpc) is 2.08. The smallest absolute Gasteiger partial charge is 0.221 e. The van der Waals surface area contributed by atoms with Crippen LogP contribution in [0.1, 0.15) is 20.8 Å². The van der Waals surface area contributed by atoms with Crippen LogP contribution >= 0.6 is 11.6 Å². The van der Waals surface area contributed by atoms with Crippen LogP contribution in [0.4, 0.5) is 5.69 Å². The van der Waals surface area contributed by atoms with E-state index >= 15 is 0 Å². The highest BCUT2D eigenvalue weighted by molar-refractivity contribution is 6.32. The fraction of sp³-hybridized carbons (Fsp3) is 0.364. The first-order chi connectivity index (χ1) is 6.99. The Labute approximate surface area is 94.4 Å². The lowest BCUT2D eigenvalue weighted by Gasteiger charge is -2.12. The molecule has 15 heavy (non-hydrogen) atoms. The van der Waals surface area contributed by atoms with Gasteiger partial charge in [-0.2, -0.15) is 0 Å². The number of rotatable bonds is 3. The SMILES string of the molecule is CC(=O)Nc1ccc(OC(C)C)c(Cl)c1. The summed E-state index contributed by atoms with van der Waals surface area (Å²) in [5, 5.41) is 3.14. The molecule has 0 heterocycles. The second-order valence-corrected chi connectivity index (χ2v) is 3.90. The fourth-order valence-electron chi connectivity index (χ4n) is 1.13. The van der Waals surface area contributed by atoms with Crippen molar-refractivity contribution in [3.8, 4) is 5.75 Å². The number of nitrogens with one attached hydrogen (secondary N) is 1. The molecule has 0 aliphatic rings. The number of halogens is 1. The third-order valence-corrected chi connectivity index (χ3v) is 1.91. The summed E-state index contributed by atoms with van der Waals surface area (Å²) in [6.07, 6.45) is 0.0779. The first-order valence-corrected chi connectivity index (χ1v) is 5.10. The summed E-state index contributed by atoms with van der Waals surface area (Å²) in [5.74, 6) is 0.504. The second-order valence-electron chi connectivity index (χ2n) is 3.49. The zero-order valence-electron chi connectivity index (χ0n) is 9.00. The van der Waals surface area contributed by atoms with Crippen LogP contribution in [-0.2, 0) is 4.79 Å². The highest BCUT2D eigenvalue weighted by atomic mass is 35.5. The van der Waals surface area contributed by atoms with Gasteiger partial charge in [-0.05, 0) is 32.0 Å². The molecule has 0 saturated carbocycles. The summed E-state index contributed by atoms with van der Waals surface area (Å²) >= 11 is 5.98. The van der Waals surface area contributed by atoms with Crippen LogP contribution in [0, 0.1) is 0 Å². The summed E-state index contributed by atoms with van der Waals surface area (Å²) in [6.45, 7) is 5.31. The van der Waals surface area contributed by atoms with Gasteiger partial charge >= 0.3 is 0 Å². The molecule has 1 aromatic carbocycles. The minimum absolute atomic E-state index is 0.0779. The standard InChI is InChI=1S/C11H14ClNO2/c1-7(2)15-11-5-4-9(6-10(11)12)13-8(3)14/h4-7H,1-3H3,(H,13,14). The molecule has 1 N–H and O–H groups in total. The molecule has 0 fully saturated rings. The number of ether oxygens (including phenoxy) is 1. The Morgan fingerprint density at radius 3 is 2.60 bits per heavy atom. The Morgan fingerprint density at radius 2 is 2.13 bits per heavy atom. The van der Waals surface area contributed by atoms with Gasteiger partial charge in [0.1, 0.15) is 5.75 Å². The molecule has 4 heteroatoms. The number of hydrogen-bond acceptors (Lipinski definition) is 2. The Kier molecular flexibility index (Phi) is 3.97. The van der Waals surface area contributed by atoms with Crippen molar-refractivity contribution in [1.29, 1.82) is 0 Å². The Hall–Kier alpha value is -1.22. The van der Waals surface area contributed by atoms with Gasteiger partial charge in [0.15, 0.2) is 0 Å². The largest absolute Gasteiger partial charge is 0.489 e. The fourth-order valence-corrected chi connectivity index (χ4v) is 1.36. The van der Waals surface area contributed by atoms with Gasteiger partial charge in [-0.3, -0.25) is 4.79 Å². The lowest BCUT2D eigenvalue weighted by atomic mass is 10.3. The lowest BCUT2D eigenvalue weighted by Crippen LogP contribution is -2.07. The van der Waals surface area contributed by atoms with E-state index in [2.05, 4.69) is 5.32 Å². The molecule has 0 spiro atoms. The minimum Gasteiger partial charge on any atom is -0.489 e. The number of carbonyl (C=O) groups is 1. The monoisotopic (exact) mass is 227 g/mol. The molecule has 3 nitrogen and oxygen atoms in total. The van der Waals surface area contributed by atoms with E-state index in [9.17, 15) is 4.79 Å². The van der Waals surface area contributed by atoms with Crippen LogP contribution in [0.2, 0.25) is 5.02 Å². The summed E-state index contributed by atoms with van der Waals surface area (Å²) in [7, 11) is 0. The van der Waals surface area contributed by atoms with Gasteiger partial charge in [-0.1, -0.05) is 11.6 Å². The van der Waals surface area contributed by atoms with Crippen LogP contribution in [0.15, 0.2) is 18.2 Å². The molecule has 0 unspecified atom stereocenters. The zero-order chi connectivity index (χ0) is 11.4. The van der Waals surface area contributed by atoms with E-state index in [4.69, 9.17) is 16.3 Å². The van der Waals surface area contributed by atoms with E-state index < -0.39 is 0 Å². The van der Waals surface area contributed by atoms with E-state index in [1.807, 2.05) is 13.8 Å². The van der Waals surface area contributed by atoms with Crippen molar-refractivity contribution < 1.29 is 9.53 Å².